The van der Waals surface area contributed by atoms with E-state index < -0.39 is 0 Å². The number of carbonyl (C=O) groups is 1. The Hall–Kier alpha value is -3.28. The second-order valence-corrected chi connectivity index (χ2v) is 5.85. The zero-order chi connectivity index (χ0) is 18.9. The molecule has 3 rings (SSSR count). The largest absolute Gasteiger partial charge is 0.490 e. The van der Waals surface area contributed by atoms with Gasteiger partial charge in [-0.3, -0.25) is 4.79 Å². The van der Waals surface area contributed by atoms with Crippen molar-refractivity contribution < 1.29 is 14.3 Å². The molecule has 0 atom stereocenters. The van der Waals surface area contributed by atoms with Gasteiger partial charge in [0, 0.05) is 18.8 Å². The average Bonchev–Trinajstić information content (AvgIpc) is 3.22. The first kappa shape index (κ1) is 18.5. The summed E-state index contributed by atoms with van der Waals surface area (Å²) < 4.78 is 13.0. The Balaban J connectivity index is 1.50. The summed E-state index contributed by atoms with van der Waals surface area (Å²) in [6, 6.07) is 17.0. The maximum Gasteiger partial charge on any atom is 0.224 e. The van der Waals surface area contributed by atoms with E-state index in [1.807, 2.05) is 67.7 Å². The molecule has 140 valence electrons. The normalized spacial score (nSPS) is 10.4. The van der Waals surface area contributed by atoms with Gasteiger partial charge in [-0.15, -0.1) is 0 Å². The summed E-state index contributed by atoms with van der Waals surface area (Å²) in [5, 5.41) is 7.17. The van der Waals surface area contributed by atoms with E-state index >= 15 is 0 Å². The minimum Gasteiger partial charge on any atom is -0.490 e. The Labute approximate surface area is 158 Å². The van der Waals surface area contributed by atoms with Gasteiger partial charge in [0.25, 0.3) is 0 Å². The van der Waals surface area contributed by atoms with Crippen molar-refractivity contribution in [2.75, 3.05) is 18.5 Å². The zero-order valence-corrected chi connectivity index (χ0v) is 15.3. The zero-order valence-electron chi connectivity index (χ0n) is 15.3. The molecule has 2 aromatic carbocycles. The van der Waals surface area contributed by atoms with Crippen molar-refractivity contribution >= 4 is 11.6 Å². The third-order valence-electron chi connectivity index (χ3n) is 3.88. The topological polar surface area (TPSA) is 65.4 Å². The molecular weight excluding hydrogens is 342 g/mol. The van der Waals surface area contributed by atoms with Crippen LogP contribution in [-0.2, 0) is 4.79 Å². The smallest absolute Gasteiger partial charge is 0.224 e. The molecule has 6 heteroatoms. The highest BCUT2D eigenvalue weighted by molar-refractivity contribution is 5.92. The molecule has 0 aliphatic rings. The van der Waals surface area contributed by atoms with Gasteiger partial charge in [-0.2, -0.15) is 5.10 Å². The van der Waals surface area contributed by atoms with Crippen molar-refractivity contribution in [1.82, 2.24) is 9.78 Å². The van der Waals surface area contributed by atoms with E-state index in [1.54, 1.807) is 10.9 Å². The second-order valence-electron chi connectivity index (χ2n) is 5.85. The lowest BCUT2D eigenvalue weighted by molar-refractivity contribution is -0.116. The molecule has 0 unspecified atom stereocenters. The summed E-state index contributed by atoms with van der Waals surface area (Å²) >= 11 is 0. The van der Waals surface area contributed by atoms with Gasteiger partial charge in [0.1, 0.15) is 0 Å². The Kier molecular flexibility index (Phi) is 6.46. The summed E-state index contributed by atoms with van der Waals surface area (Å²) in [6.07, 6.45) is 4.52. The van der Waals surface area contributed by atoms with Gasteiger partial charge in [-0.25, -0.2) is 4.68 Å². The highest BCUT2D eigenvalue weighted by Crippen LogP contribution is 2.26. The Morgan fingerprint density at radius 2 is 1.78 bits per heavy atom. The van der Waals surface area contributed by atoms with Crippen LogP contribution in [0, 0.1) is 0 Å². The van der Waals surface area contributed by atoms with Crippen molar-refractivity contribution in [3.05, 3.63) is 67.0 Å². The van der Waals surface area contributed by atoms with Crippen molar-refractivity contribution in [2.24, 2.45) is 0 Å². The first-order valence-electron chi connectivity index (χ1n) is 9.01. The van der Waals surface area contributed by atoms with Gasteiger partial charge in [0.15, 0.2) is 11.5 Å². The van der Waals surface area contributed by atoms with Crippen LogP contribution in [0.25, 0.3) is 5.69 Å². The fraction of sp³-hybridized carbons (Fsp3) is 0.238. The van der Waals surface area contributed by atoms with E-state index in [2.05, 4.69) is 10.4 Å². The molecule has 0 radical (unpaired) electrons. The van der Waals surface area contributed by atoms with Gasteiger partial charge in [-0.05, 0) is 43.7 Å². The van der Waals surface area contributed by atoms with Crippen LogP contribution in [0.3, 0.4) is 0 Å². The Morgan fingerprint density at radius 1 is 1.04 bits per heavy atom. The van der Waals surface area contributed by atoms with E-state index in [4.69, 9.17) is 9.47 Å². The lowest BCUT2D eigenvalue weighted by Gasteiger charge is -2.12. The summed E-state index contributed by atoms with van der Waals surface area (Å²) in [5.41, 5.74) is 1.56. The van der Waals surface area contributed by atoms with Crippen LogP contribution in [0.4, 0.5) is 5.69 Å². The fourth-order valence-corrected chi connectivity index (χ4v) is 2.66. The number of aromatic nitrogens is 2. The number of hydrogen-bond donors (Lipinski definition) is 1. The molecule has 1 N–H and O–H groups in total. The number of amides is 1. The number of ether oxygens (including phenoxy) is 2. The summed E-state index contributed by atoms with van der Waals surface area (Å²) in [6.45, 7) is 2.96. The number of nitrogens with zero attached hydrogens (tertiary/aromatic N) is 2. The Bertz CT molecular complexity index is 863. The predicted octanol–water partition coefficient (Wildman–Crippen LogP) is 4.07. The maximum absolute atomic E-state index is 12.3. The summed E-state index contributed by atoms with van der Waals surface area (Å²) in [7, 11) is 0. The minimum atomic E-state index is -0.0590. The van der Waals surface area contributed by atoms with E-state index in [-0.39, 0.29) is 5.91 Å². The monoisotopic (exact) mass is 365 g/mol. The molecule has 6 nitrogen and oxygen atoms in total. The number of benzene rings is 2. The third-order valence-corrected chi connectivity index (χ3v) is 3.88. The molecule has 3 aromatic rings. The van der Waals surface area contributed by atoms with Gasteiger partial charge in [0.2, 0.25) is 5.91 Å². The van der Waals surface area contributed by atoms with Crippen molar-refractivity contribution in [3.8, 4) is 17.2 Å². The van der Waals surface area contributed by atoms with Crippen molar-refractivity contribution in [2.45, 2.75) is 19.8 Å². The first-order chi connectivity index (χ1) is 13.3. The molecule has 27 heavy (non-hydrogen) atoms. The third kappa shape index (κ3) is 5.10. The molecule has 0 spiro atoms. The average molecular weight is 365 g/mol. The lowest BCUT2D eigenvalue weighted by atomic mass is 10.2. The summed E-state index contributed by atoms with van der Waals surface area (Å²) in [5.74, 6) is 1.36. The Morgan fingerprint density at radius 3 is 2.52 bits per heavy atom. The van der Waals surface area contributed by atoms with E-state index in [9.17, 15) is 4.79 Å². The van der Waals surface area contributed by atoms with Crippen LogP contribution in [0.2, 0.25) is 0 Å². The van der Waals surface area contributed by atoms with Crippen LogP contribution >= 0.6 is 0 Å². The molecule has 1 heterocycles. The maximum atomic E-state index is 12.3. The van der Waals surface area contributed by atoms with Crippen LogP contribution in [0.15, 0.2) is 67.0 Å². The molecular formula is C21H23N3O3. The summed E-state index contributed by atoms with van der Waals surface area (Å²) in [4.78, 5) is 12.3. The molecule has 0 fully saturated rings. The molecule has 0 saturated carbocycles. The molecule has 0 aliphatic carbocycles. The fourth-order valence-electron chi connectivity index (χ4n) is 2.66. The number of carbonyl (C=O) groups excluding carboxylic acids is 1. The first-order valence-corrected chi connectivity index (χ1v) is 9.01. The van der Waals surface area contributed by atoms with Crippen LogP contribution < -0.4 is 14.8 Å². The van der Waals surface area contributed by atoms with Crippen LogP contribution in [0.1, 0.15) is 19.8 Å². The van der Waals surface area contributed by atoms with E-state index in [0.29, 0.717) is 31.8 Å². The number of rotatable bonds is 9. The van der Waals surface area contributed by atoms with Gasteiger partial charge < -0.3 is 14.8 Å². The molecule has 0 bridgehead atoms. The quantitative estimate of drug-likeness (QED) is 0.581. The minimum absolute atomic E-state index is 0.0590. The molecule has 0 aliphatic heterocycles. The van der Waals surface area contributed by atoms with Gasteiger partial charge in [-0.1, -0.05) is 24.3 Å². The number of anilines is 1. The highest BCUT2D eigenvalue weighted by atomic mass is 16.5. The number of nitrogens with one attached hydrogen (secondary N) is 1. The van der Waals surface area contributed by atoms with Crippen LogP contribution in [0.5, 0.6) is 11.5 Å². The standard InChI is InChI=1S/C21H23N3O3/c1-2-26-19-11-5-6-12-20(19)27-16-7-13-21(25)23-17-9-3-4-10-18(17)24-15-8-14-22-24/h3-6,8-12,14-15H,2,7,13,16H2,1H3,(H,23,25). The number of hydrogen-bond acceptors (Lipinski definition) is 4. The van der Waals surface area contributed by atoms with E-state index in [1.165, 1.54) is 0 Å². The molecule has 0 saturated heterocycles. The number of para-hydroxylation sites is 4. The van der Waals surface area contributed by atoms with Crippen LogP contribution in [-0.4, -0.2) is 28.9 Å². The van der Waals surface area contributed by atoms with Gasteiger partial charge in [0.05, 0.1) is 24.6 Å². The van der Waals surface area contributed by atoms with E-state index in [0.717, 1.165) is 17.1 Å². The van der Waals surface area contributed by atoms with Gasteiger partial charge >= 0.3 is 0 Å². The predicted molar refractivity (Wildman–Crippen MR) is 105 cm³/mol. The molecule has 1 amide bonds. The second kappa shape index (κ2) is 9.43. The van der Waals surface area contributed by atoms with Crippen molar-refractivity contribution in [3.63, 3.8) is 0 Å². The SMILES string of the molecule is CCOc1ccccc1OCCCC(=O)Nc1ccccc1-n1cccn1. The molecule has 1 aromatic heterocycles. The lowest BCUT2D eigenvalue weighted by Crippen LogP contribution is -2.14. The van der Waals surface area contributed by atoms with Crippen molar-refractivity contribution in [1.29, 1.82) is 0 Å². The highest BCUT2D eigenvalue weighted by Gasteiger charge is 2.09.